The van der Waals surface area contributed by atoms with Crippen molar-refractivity contribution in [1.29, 1.82) is 0 Å². The number of carboxylic acids is 3. The van der Waals surface area contributed by atoms with Crippen molar-refractivity contribution in [3.05, 3.63) is 192 Å². The standard InChI is InChI=1S/C25H19NO5.C18H14O3.C15H16O3.2CO2/c1-15-2-3-17-13-18(5-4-16(17)12-15)23-21(30-14-27)10-11-22(24(23)25(28)29)31-20-8-6-19(26)7-9-20;1-21-15-9-8-12-10-14(7-6-13(12)11-15)16-4-2-3-5-17(16)18(19)20;1-10(7-15(16)17)11-3-4-13-9-14(18-2)6-5-12(13)8-11;2*2-1-3/h2-14H,26H2,1H3,(H,28,29);2-11H,1H3,(H,19,20);3-6,8-10H,7H2,1-2H3,(H,16,17);;. The lowest BCUT2D eigenvalue weighted by Gasteiger charge is -2.16. The molecule has 9 aromatic rings. The van der Waals surface area contributed by atoms with E-state index in [4.69, 9.17) is 49.0 Å². The monoisotopic (exact) mass is 1020 g/mol. The van der Waals surface area contributed by atoms with Crippen molar-refractivity contribution < 1.29 is 72.6 Å². The fraction of sp³-hybridized carbons (Fsp3) is 0.100. The number of aryl methyl sites for hydroxylation is 1. The number of aromatic carboxylic acids is 2. The molecule has 76 heavy (non-hydrogen) atoms. The molecule has 0 fully saturated rings. The van der Waals surface area contributed by atoms with Crippen LogP contribution in [0.15, 0.2) is 170 Å². The minimum Gasteiger partial charge on any atom is -0.497 e. The molecule has 9 rings (SSSR count). The first-order chi connectivity index (χ1) is 36.6. The van der Waals surface area contributed by atoms with Gasteiger partial charge in [0.2, 0.25) is 0 Å². The molecule has 16 heteroatoms. The number of methoxy groups -OCH3 is 2. The minimum atomic E-state index is -1.21. The van der Waals surface area contributed by atoms with E-state index in [-0.39, 0.29) is 53.7 Å². The maximum atomic E-state index is 12.3. The Labute approximate surface area is 435 Å². The van der Waals surface area contributed by atoms with Crippen LogP contribution in [0.4, 0.5) is 5.69 Å². The summed E-state index contributed by atoms with van der Waals surface area (Å²) in [5.74, 6) is -0.554. The van der Waals surface area contributed by atoms with Crippen molar-refractivity contribution in [3.63, 3.8) is 0 Å². The largest absolute Gasteiger partial charge is 0.497 e. The number of aliphatic carboxylic acids is 1. The average molecular weight is 1020 g/mol. The molecule has 0 radical (unpaired) electrons. The van der Waals surface area contributed by atoms with E-state index in [0.717, 1.165) is 66.1 Å². The Bertz CT molecular complexity index is 3580. The fourth-order valence-corrected chi connectivity index (χ4v) is 7.98. The van der Waals surface area contributed by atoms with Crippen LogP contribution in [0.3, 0.4) is 0 Å². The molecule has 0 aromatic heterocycles. The van der Waals surface area contributed by atoms with E-state index in [1.807, 2.05) is 129 Å². The summed E-state index contributed by atoms with van der Waals surface area (Å²) in [5.41, 5.74) is 11.1. The molecular formula is C60H49NO15. The van der Waals surface area contributed by atoms with Crippen molar-refractivity contribution >= 4 is 74.7 Å². The lowest BCUT2D eigenvalue weighted by molar-refractivity contribution is -0.193. The van der Waals surface area contributed by atoms with E-state index in [1.54, 1.807) is 56.7 Å². The number of fused-ring (bicyclic) bond motifs is 3. The number of benzene rings is 9. The molecule has 0 aliphatic carbocycles. The van der Waals surface area contributed by atoms with Gasteiger partial charge in [-0.05, 0) is 146 Å². The predicted octanol–water partition coefficient (Wildman–Crippen LogP) is 11.9. The minimum absolute atomic E-state index is 0.0222. The van der Waals surface area contributed by atoms with Crippen LogP contribution in [0.1, 0.15) is 51.1 Å². The molecule has 0 saturated carbocycles. The number of hydrogen-bond donors (Lipinski definition) is 4. The third-order valence-corrected chi connectivity index (χ3v) is 11.5. The Morgan fingerprint density at radius 1 is 0.566 bits per heavy atom. The van der Waals surface area contributed by atoms with Gasteiger partial charge in [-0.3, -0.25) is 9.59 Å². The zero-order valence-corrected chi connectivity index (χ0v) is 41.3. The van der Waals surface area contributed by atoms with Crippen LogP contribution in [0, 0.1) is 6.92 Å². The van der Waals surface area contributed by atoms with Gasteiger partial charge in [-0.25, -0.2) is 9.59 Å². The van der Waals surface area contributed by atoms with Crippen LogP contribution >= 0.6 is 0 Å². The number of anilines is 1. The van der Waals surface area contributed by atoms with Crippen molar-refractivity contribution in [3.8, 4) is 51.0 Å². The lowest BCUT2D eigenvalue weighted by Crippen LogP contribution is -2.05. The van der Waals surface area contributed by atoms with Gasteiger partial charge in [0, 0.05) is 11.3 Å². The smallest absolute Gasteiger partial charge is 0.373 e. The van der Waals surface area contributed by atoms with Gasteiger partial charge in [0.05, 0.1) is 26.2 Å². The SMILES string of the molecule is COc1ccc2cc(-c3ccccc3C(=O)O)ccc2c1.COc1ccc2cc(C(C)CC(=O)O)ccc2c1.Cc1ccc2cc(-c3c(OC=O)ccc(Oc4ccc(N)cc4)c3C(=O)O)ccc2c1.O=C=O.O=C=O. The second-order valence-electron chi connectivity index (χ2n) is 16.5. The van der Waals surface area contributed by atoms with E-state index in [2.05, 4.69) is 0 Å². The van der Waals surface area contributed by atoms with Crippen LogP contribution in [-0.2, 0) is 28.8 Å². The summed E-state index contributed by atoms with van der Waals surface area (Å²) in [4.78, 5) is 77.9. The number of ether oxygens (including phenoxy) is 4. The third kappa shape index (κ3) is 15.1. The zero-order valence-electron chi connectivity index (χ0n) is 41.3. The third-order valence-electron chi connectivity index (χ3n) is 11.5. The molecule has 1 unspecified atom stereocenters. The Morgan fingerprint density at radius 3 is 1.62 bits per heavy atom. The summed E-state index contributed by atoms with van der Waals surface area (Å²) in [5, 5.41) is 34.4. The molecule has 1 atom stereocenters. The number of nitrogen functional groups attached to an aromatic ring is 1. The molecule has 0 heterocycles. The van der Waals surface area contributed by atoms with Gasteiger partial charge in [-0.2, -0.15) is 19.2 Å². The summed E-state index contributed by atoms with van der Waals surface area (Å²) in [7, 11) is 3.28. The second-order valence-corrected chi connectivity index (χ2v) is 16.5. The first kappa shape index (κ1) is 56.5. The highest BCUT2D eigenvalue weighted by atomic mass is 16.5. The highest BCUT2D eigenvalue weighted by molar-refractivity contribution is 6.03. The predicted molar refractivity (Wildman–Crippen MR) is 283 cm³/mol. The summed E-state index contributed by atoms with van der Waals surface area (Å²) in [6.45, 7) is 4.21. The normalized spacial score (nSPS) is 10.4. The van der Waals surface area contributed by atoms with Gasteiger partial charge >= 0.3 is 30.2 Å². The van der Waals surface area contributed by atoms with Gasteiger partial charge in [0.15, 0.2) is 0 Å². The van der Waals surface area contributed by atoms with E-state index < -0.39 is 17.9 Å². The summed E-state index contributed by atoms with van der Waals surface area (Å²) in [6.07, 6.45) is 0.654. The quantitative estimate of drug-likeness (QED) is 0.0618. The van der Waals surface area contributed by atoms with Crippen molar-refractivity contribution in [2.75, 3.05) is 20.0 Å². The molecule has 9 aromatic carbocycles. The molecule has 16 nitrogen and oxygen atoms in total. The number of rotatable bonds is 13. The molecule has 0 aliphatic heterocycles. The van der Waals surface area contributed by atoms with Gasteiger partial charge in [-0.15, -0.1) is 0 Å². The number of carboxylic acid groups (broad SMARTS) is 3. The van der Waals surface area contributed by atoms with E-state index in [1.165, 1.54) is 12.1 Å². The molecule has 5 N–H and O–H groups in total. The van der Waals surface area contributed by atoms with Crippen LogP contribution in [-0.4, -0.2) is 66.2 Å². The molecular weight excluding hydrogens is 975 g/mol. The summed E-state index contributed by atoms with van der Waals surface area (Å²) < 4.78 is 21.3. The number of carbonyl (C=O) groups excluding carboxylic acids is 5. The summed E-state index contributed by atoms with van der Waals surface area (Å²) >= 11 is 0. The molecule has 384 valence electrons. The Balaban J connectivity index is 0.000000207. The first-order valence-electron chi connectivity index (χ1n) is 22.8. The molecule has 0 bridgehead atoms. The van der Waals surface area contributed by atoms with E-state index >= 15 is 0 Å². The average Bonchev–Trinajstić information content (AvgIpc) is 3.42. The highest BCUT2D eigenvalue weighted by Crippen LogP contribution is 2.41. The van der Waals surface area contributed by atoms with Crippen molar-refractivity contribution in [1.82, 2.24) is 0 Å². The van der Waals surface area contributed by atoms with Gasteiger partial charge in [0.1, 0.15) is 34.3 Å². The van der Waals surface area contributed by atoms with Gasteiger partial charge in [0.25, 0.3) is 6.47 Å². The number of nitrogens with two attached hydrogens (primary N) is 1. The van der Waals surface area contributed by atoms with Crippen LogP contribution in [0.25, 0.3) is 54.6 Å². The molecule has 0 saturated heterocycles. The first-order valence-corrected chi connectivity index (χ1v) is 22.8. The van der Waals surface area contributed by atoms with Crippen LogP contribution < -0.4 is 24.7 Å². The van der Waals surface area contributed by atoms with E-state index in [9.17, 15) is 29.4 Å². The van der Waals surface area contributed by atoms with Gasteiger partial charge in [-0.1, -0.05) is 103 Å². The Morgan fingerprint density at radius 2 is 1.05 bits per heavy atom. The fourth-order valence-electron chi connectivity index (χ4n) is 7.98. The Hall–Kier alpha value is -10.4. The van der Waals surface area contributed by atoms with Crippen LogP contribution in [0.2, 0.25) is 0 Å². The topological polar surface area (TPSA) is 260 Å². The highest BCUT2D eigenvalue weighted by Gasteiger charge is 2.24. The second kappa shape index (κ2) is 27.4. The summed E-state index contributed by atoms with van der Waals surface area (Å²) in [6, 6.07) is 51.8. The van der Waals surface area contributed by atoms with Crippen LogP contribution in [0.5, 0.6) is 28.7 Å². The Kier molecular flexibility index (Phi) is 20.4. The van der Waals surface area contributed by atoms with E-state index in [0.29, 0.717) is 22.6 Å². The molecule has 0 amide bonds. The molecule has 0 spiro atoms. The number of hydrogen-bond acceptors (Lipinski definition) is 13. The van der Waals surface area contributed by atoms with Gasteiger partial charge < -0.3 is 40.0 Å². The zero-order chi connectivity index (χ0) is 55.3. The van der Waals surface area contributed by atoms with Crippen molar-refractivity contribution in [2.24, 2.45) is 0 Å². The maximum absolute atomic E-state index is 12.3. The lowest BCUT2D eigenvalue weighted by atomic mass is 9.95. The van der Waals surface area contributed by atoms with Crippen molar-refractivity contribution in [2.45, 2.75) is 26.2 Å². The maximum Gasteiger partial charge on any atom is 0.373 e. The molecule has 0 aliphatic rings. The number of carbonyl (C=O) groups is 4.